The fraction of sp³-hybridized carbons (Fsp3) is 0.263. The van der Waals surface area contributed by atoms with Crippen molar-refractivity contribution in [1.29, 1.82) is 0 Å². The van der Waals surface area contributed by atoms with Crippen LogP contribution in [0.1, 0.15) is 45.8 Å². The third-order valence-corrected chi connectivity index (χ3v) is 4.87. The van der Waals surface area contributed by atoms with Gasteiger partial charge in [-0.25, -0.2) is 0 Å². The van der Waals surface area contributed by atoms with Crippen molar-refractivity contribution >= 4 is 11.4 Å². The van der Waals surface area contributed by atoms with Crippen LogP contribution in [0.5, 0.6) is 0 Å². The molecule has 0 bridgehead atoms. The van der Waals surface area contributed by atoms with Gasteiger partial charge in [-0.15, -0.1) is 0 Å². The van der Waals surface area contributed by atoms with E-state index in [1.165, 1.54) is 5.56 Å². The van der Waals surface area contributed by atoms with E-state index < -0.39 is 5.91 Å². The lowest BCUT2D eigenvalue weighted by Gasteiger charge is -2.07. The molecule has 2 heterocycles. The zero-order valence-electron chi connectivity index (χ0n) is 13.7. The summed E-state index contributed by atoms with van der Waals surface area (Å²) in [6.45, 7) is 4.10. The van der Waals surface area contributed by atoms with Gasteiger partial charge < -0.3 is 15.1 Å². The topological polar surface area (TPSA) is 80.4 Å². The fourth-order valence-corrected chi connectivity index (χ4v) is 3.27. The molecule has 122 valence electrons. The number of benzene rings is 1. The Morgan fingerprint density at radius 1 is 1.21 bits per heavy atom. The number of H-pyrrole nitrogens is 1. The van der Waals surface area contributed by atoms with Crippen molar-refractivity contribution in [2.45, 2.75) is 32.6 Å². The number of nitrogens with one attached hydrogen (secondary N) is 1. The Balaban J connectivity index is 1.96. The van der Waals surface area contributed by atoms with Crippen LogP contribution in [0.25, 0.3) is 16.8 Å². The highest BCUT2D eigenvalue weighted by molar-refractivity contribution is 5.97. The highest BCUT2D eigenvalue weighted by atomic mass is 16.1. The molecule has 0 saturated heterocycles. The Hall–Kier alpha value is -2.82. The molecule has 1 aliphatic rings. The van der Waals surface area contributed by atoms with Crippen molar-refractivity contribution in [3.8, 4) is 11.3 Å². The predicted octanol–water partition coefficient (Wildman–Crippen LogP) is 2.89. The Morgan fingerprint density at radius 2 is 1.96 bits per heavy atom. The molecule has 1 saturated carbocycles. The molecule has 1 aliphatic carbocycles. The normalized spacial score (nSPS) is 14.2. The van der Waals surface area contributed by atoms with Gasteiger partial charge in [-0.3, -0.25) is 9.59 Å². The number of carbonyl (C=O) groups is 1. The molecule has 0 unspecified atom stereocenters. The van der Waals surface area contributed by atoms with E-state index in [2.05, 4.69) is 11.9 Å². The smallest absolute Gasteiger partial charge is 0.273 e. The summed E-state index contributed by atoms with van der Waals surface area (Å²) < 4.78 is 1.75. The number of nitrogens with two attached hydrogens (primary N) is 1. The second kappa shape index (κ2) is 5.09. The van der Waals surface area contributed by atoms with Crippen LogP contribution in [-0.2, 0) is 0 Å². The Bertz CT molecular complexity index is 1040. The summed E-state index contributed by atoms with van der Waals surface area (Å²) in [5.74, 6) is -0.209. The first-order chi connectivity index (χ1) is 11.5. The van der Waals surface area contributed by atoms with Crippen LogP contribution >= 0.6 is 0 Å². The van der Waals surface area contributed by atoms with Gasteiger partial charge in [0.05, 0.1) is 11.3 Å². The molecule has 0 aliphatic heterocycles. The van der Waals surface area contributed by atoms with Crippen LogP contribution in [0.3, 0.4) is 0 Å². The number of fused-ring (bicyclic) bond motifs is 1. The Labute approximate surface area is 139 Å². The molecule has 2 aromatic heterocycles. The van der Waals surface area contributed by atoms with Crippen molar-refractivity contribution in [1.82, 2.24) is 9.38 Å². The van der Waals surface area contributed by atoms with Crippen LogP contribution in [-0.4, -0.2) is 15.3 Å². The Morgan fingerprint density at radius 3 is 2.58 bits per heavy atom. The van der Waals surface area contributed by atoms with E-state index in [0.29, 0.717) is 11.1 Å². The molecular weight excluding hydrogens is 302 g/mol. The van der Waals surface area contributed by atoms with E-state index in [0.717, 1.165) is 35.2 Å². The van der Waals surface area contributed by atoms with E-state index in [9.17, 15) is 9.59 Å². The van der Waals surface area contributed by atoms with E-state index in [1.807, 2.05) is 31.3 Å². The summed E-state index contributed by atoms with van der Waals surface area (Å²) in [4.78, 5) is 27.4. The number of hydrogen-bond acceptors (Lipinski definition) is 2. The zero-order valence-corrected chi connectivity index (χ0v) is 13.7. The lowest BCUT2D eigenvalue weighted by atomic mass is 10.0. The minimum Gasteiger partial charge on any atom is -0.366 e. The first kappa shape index (κ1) is 14.8. The maximum atomic E-state index is 12.7. The van der Waals surface area contributed by atoms with E-state index in [4.69, 9.17) is 5.73 Å². The molecule has 5 nitrogen and oxygen atoms in total. The van der Waals surface area contributed by atoms with Crippen LogP contribution in [0.4, 0.5) is 0 Å². The third kappa shape index (κ3) is 2.24. The second-order valence-corrected chi connectivity index (χ2v) is 6.65. The van der Waals surface area contributed by atoms with Crippen molar-refractivity contribution in [3.63, 3.8) is 0 Å². The number of carbonyl (C=O) groups excluding carboxylic acids is 1. The van der Waals surface area contributed by atoms with Crippen molar-refractivity contribution in [2.24, 2.45) is 5.73 Å². The standard InChI is InChI=1S/C19H19N3O2/c1-10-3-4-13(7-11(10)2)15-9-22-8-14(18(20)23)16(12-5-6-12)17(22)19(24)21-15/h3-4,7-9,12H,5-6H2,1-2H3,(H2,20,23)(H,21,24). The lowest BCUT2D eigenvalue weighted by molar-refractivity contribution is 0.0999. The molecule has 3 aromatic rings. The number of rotatable bonds is 3. The lowest BCUT2D eigenvalue weighted by Crippen LogP contribution is -2.13. The van der Waals surface area contributed by atoms with Crippen LogP contribution < -0.4 is 11.3 Å². The van der Waals surface area contributed by atoms with E-state index in [-0.39, 0.29) is 11.5 Å². The predicted molar refractivity (Wildman–Crippen MR) is 93.4 cm³/mol. The van der Waals surface area contributed by atoms with Gasteiger partial charge in [-0.1, -0.05) is 12.1 Å². The number of nitrogens with zero attached hydrogens (tertiary/aromatic N) is 1. The zero-order chi connectivity index (χ0) is 17.0. The number of aryl methyl sites for hydroxylation is 2. The molecule has 3 N–H and O–H groups in total. The Kier molecular flexibility index (Phi) is 3.13. The number of aromatic nitrogens is 2. The summed E-state index contributed by atoms with van der Waals surface area (Å²) in [5.41, 5.74) is 11.2. The number of aromatic amines is 1. The summed E-state index contributed by atoms with van der Waals surface area (Å²) in [7, 11) is 0. The summed E-state index contributed by atoms with van der Waals surface area (Å²) in [5, 5.41) is 0. The fourth-order valence-electron chi connectivity index (χ4n) is 3.27. The number of primary amides is 1. The molecule has 24 heavy (non-hydrogen) atoms. The summed E-state index contributed by atoms with van der Waals surface area (Å²) in [6.07, 6.45) is 5.54. The van der Waals surface area contributed by atoms with Gasteiger partial charge in [-0.05, 0) is 60.9 Å². The SMILES string of the molecule is Cc1ccc(-c2cn3cc(C(N)=O)c(C4CC4)c3c(=O)[nH]2)cc1C. The van der Waals surface area contributed by atoms with Gasteiger partial charge in [0.2, 0.25) is 0 Å². The highest BCUT2D eigenvalue weighted by Gasteiger charge is 2.32. The van der Waals surface area contributed by atoms with Crippen molar-refractivity contribution in [2.75, 3.05) is 0 Å². The third-order valence-electron chi connectivity index (χ3n) is 4.87. The number of amides is 1. The second-order valence-electron chi connectivity index (χ2n) is 6.65. The van der Waals surface area contributed by atoms with Crippen molar-refractivity contribution < 1.29 is 4.79 Å². The van der Waals surface area contributed by atoms with Crippen LogP contribution in [0.2, 0.25) is 0 Å². The largest absolute Gasteiger partial charge is 0.366 e. The van der Waals surface area contributed by atoms with E-state index in [1.54, 1.807) is 10.6 Å². The van der Waals surface area contributed by atoms with Gasteiger partial charge in [0.1, 0.15) is 5.52 Å². The maximum absolute atomic E-state index is 12.7. The van der Waals surface area contributed by atoms with Gasteiger partial charge in [0.15, 0.2) is 0 Å². The minimum absolute atomic E-state index is 0.180. The summed E-state index contributed by atoms with van der Waals surface area (Å²) in [6, 6.07) is 6.07. The average Bonchev–Trinajstić information content (AvgIpc) is 3.29. The molecule has 1 amide bonds. The quantitative estimate of drug-likeness (QED) is 0.778. The minimum atomic E-state index is -0.479. The maximum Gasteiger partial charge on any atom is 0.273 e. The monoisotopic (exact) mass is 321 g/mol. The molecule has 0 radical (unpaired) electrons. The molecule has 1 fully saturated rings. The molecular formula is C19H19N3O2. The van der Waals surface area contributed by atoms with Gasteiger partial charge >= 0.3 is 0 Å². The molecule has 1 aromatic carbocycles. The average molecular weight is 321 g/mol. The first-order valence-electron chi connectivity index (χ1n) is 8.11. The first-order valence-corrected chi connectivity index (χ1v) is 8.11. The molecule has 0 spiro atoms. The highest BCUT2D eigenvalue weighted by Crippen LogP contribution is 2.43. The summed E-state index contributed by atoms with van der Waals surface area (Å²) >= 11 is 0. The molecule has 4 rings (SSSR count). The van der Waals surface area contributed by atoms with Gasteiger partial charge in [-0.2, -0.15) is 0 Å². The molecule has 0 atom stereocenters. The van der Waals surface area contributed by atoms with Crippen molar-refractivity contribution in [3.05, 3.63) is 63.2 Å². The van der Waals surface area contributed by atoms with Crippen LogP contribution in [0, 0.1) is 13.8 Å². The molecule has 5 heteroatoms. The van der Waals surface area contributed by atoms with Gasteiger partial charge in [0.25, 0.3) is 11.5 Å². The van der Waals surface area contributed by atoms with Gasteiger partial charge in [0, 0.05) is 12.4 Å². The number of hydrogen-bond donors (Lipinski definition) is 2. The van der Waals surface area contributed by atoms with Crippen LogP contribution in [0.15, 0.2) is 35.4 Å². The van der Waals surface area contributed by atoms with E-state index >= 15 is 0 Å².